The summed E-state index contributed by atoms with van der Waals surface area (Å²) in [5, 5.41) is 6.36. The van der Waals surface area contributed by atoms with E-state index in [9.17, 15) is 35.2 Å². The minimum Gasteiger partial charge on any atom is -0.322 e. The SMILES string of the molecule is O=C(Nc1cccc(S(=O)(=O)NCc2cccnc2)c1)c1cnn2c(C(F)F)cc(-c3ccc(C(F)(F)F)cc3)nc12. The van der Waals surface area contributed by atoms with Gasteiger partial charge in [0.05, 0.1) is 22.3 Å². The number of alkyl halides is 5. The Hall–Kier alpha value is -4.76. The molecule has 0 aliphatic carbocycles. The molecule has 0 radical (unpaired) electrons. The molecule has 216 valence electrons. The van der Waals surface area contributed by atoms with Crippen LogP contribution in [0, 0.1) is 0 Å². The summed E-state index contributed by atoms with van der Waals surface area (Å²) in [4.78, 5) is 21.2. The molecule has 0 saturated carbocycles. The molecule has 0 fully saturated rings. The minimum absolute atomic E-state index is 0.0193. The number of amides is 1. The molecule has 2 N–H and O–H groups in total. The van der Waals surface area contributed by atoms with Gasteiger partial charge in [-0.05, 0) is 48.0 Å². The second-order valence-electron chi connectivity index (χ2n) is 8.90. The lowest BCUT2D eigenvalue weighted by Gasteiger charge is -2.11. The molecule has 0 spiro atoms. The van der Waals surface area contributed by atoms with Gasteiger partial charge in [0.2, 0.25) is 10.0 Å². The Bertz CT molecular complexity index is 1860. The molecule has 3 heterocycles. The maximum absolute atomic E-state index is 13.9. The summed E-state index contributed by atoms with van der Waals surface area (Å²) in [6, 6.07) is 13.4. The highest BCUT2D eigenvalue weighted by atomic mass is 32.2. The Balaban J connectivity index is 1.43. The van der Waals surface area contributed by atoms with Gasteiger partial charge in [-0.3, -0.25) is 9.78 Å². The number of aromatic nitrogens is 4. The van der Waals surface area contributed by atoms with E-state index in [1.165, 1.54) is 30.5 Å². The van der Waals surface area contributed by atoms with Gasteiger partial charge in [-0.1, -0.05) is 24.3 Å². The summed E-state index contributed by atoms with van der Waals surface area (Å²) in [6.45, 7) is -0.0193. The van der Waals surface area contributed by atoms with E-state index >= 15 is 0 Å². The number of halogens is 5. The van der Waals surface area contributed by atoms with Gasteiger partial charge in [-0.25, -0.2) is 31.4 Å². The number of fused-ring (bicyclic) bond motifs is 1. The number of pyridine rings is 1. The Morgan fingerprint density at radius 2 is 1.74 bits per heavy atom. The largest absolute Gasteiger partial charge is 0.416 e. The predicted molar refractivity (Wildman–Crippen MR) is 141 cm³/mol. The van der Waals surface area contributed by atoms with Crippen LogP contribution in [0.25, 0.3) is 16.9 Å². The van der Waals surface area contributed by atoms with Crippen LogP contribution in [0.4, 0.5) is 27.6 Å². The Labute approximate surface area is 235 Å². The smallest absolute Gasteiger partial charge is 0.322 e. The van der Waals surface area contributed by atoms with Crippen LogP contribution < -0.4 is 10.0 Å². The Kier molecular flexibility index (Phi) is 7.71. The predicted octanol–water partition coefficient (Wildman–Crippen LogP) is 5.48. The maximum Gasteiger partial charge on any atom is 0.416 e. The van der Waals surface area contributed by atoms with Gasteiger partial charge in [0, 0.05) is 30.2 Å². The van der Waals surface area contributed by atoms with E-state index in [4.69, 9.17) is 0 Å². The molecule has 42 heavy (non-hydrogen) atoms. The van der Waals surface area contributed by atoms with Gasteiger partial charge in [-0.2, -0.15) is 18.3 Å². The number of hydrogen-bond donors (Lipinski definition) is 2. The second kappa shape index (κ2) is 11.3. The molecule has 15 heteroatoms. The van der Waals surface area contributed by atoms with E-state index in [1.54, 1.807) is 18.3 Å². The van der Waals surface area contributed by atoms with Crippen molar-refractivity contribution in [2.24, 2.45) is 0 Å². The van der Waals surface area contributed by atoms with E-state index in [0.717, 1.165) is 41.0 Å². The van der Waals surface area contributed by atoms with Crippen molar-refractivity contribution in [2.45, 2.75) is 24.0 Å². The highest BCUT2D eigenvalue weighted by molar-refractivity contribution is 7.89. The Morgan fingerprint density at radius 3 is 2.40 bits per heavy atom. The molecule has 5 rings (SSSR count). The van der Waals surface area contributed by atoms with Crippen LogP contribution in [0.2, 0.25) is 0 Å². The molecule has 3 aromatic heterocycles. The van der Waals surface area contributed by atoms with Gasteiger partial charge in [0.25, 0.3) is 12.3 Å². The quantitative estimate of drug-likeness (QED) is 0.227. The topological polar surface area (TPSA) is 118 Å². The number of nitrogens with zero attached hydrogens (tertiary/aromatic N) is 4. The first-order valence-electron chi connectivity index (χ1n) is 12.1. The fourth-order valence-corrected chi connectivity index (χ4v) is 5.05. The van der Waals surface area contributed by atoms with Crippen LogP contribution in [0.1, 0.15) is 33.6 Å². The number of rotatable bonds is 8. The number of carbonyl (C=O) groups is 1. The third kappa shape index (κ3) is 6.11. The summed E-state index contributed by atoms with van der Waals surface area (Å²) in [6.07, 6.45) is -3.58. The zero-order chi connectivity index (χ0) is 30.1. The van der Waals surface area contributed by atoms with Crippen molar-refractivity contribution in [1.29, 1.82) is 0 Å². The van der Waals surface area contributed by atoms with E-state index in [1.807, 2.05) is 0 Å². The maximum atomic E-state index is 13.9. The molecule has 1 amide bonds. The van der Waals surface area contributed by atoms with Gasteiger partial charge in [-0.15, -0.1) is 0 Å². The number of anilines is 1. The van der Waals surface area contributed by atoms with Crippen molar-refractivity contribution in [2.75, 3.05) is 5.32 Å². The lowest BCUT2D eigenvalue weighted by Crippen LogP contribution is -2.23. The summed E-state index contributed by atoms with van der Waals surface area (Å²) < 4.78 is 95.5. The minimum atomic E-state index is -4.59. The van der Waals surface area contributed by atoms with Gasteiger partial charge >= 0.3 is 6.18 Å². The number of sulfonamides is 1. The molecule has 9 nitrogen and oxygen atoms in total. The van der Waals surface area contributed by atoms with Gasteiger partial charge < -0.3 is 5.32 Å². The first-order valence-corrected chi connectivity index (χ1v) is 13.5. The van der Waals surface area contributed by atoms with E-state index in [2.05, 4.69) is 25.1 Å². The average Bonchev–Trinajstić information content (AvgIpc) is 3.40. The first kappa shape index (κ1) is 28.8. The van der Waals surface area contributed by atoms with E-state index < -0.39 is 39.8 Å². The van der Waals surface area contributed by atoms with Crippen molar-refractivity contribution in [3.05, 3.63) is 108 Å². The highest BCUT2D eigenvalue weighted by Gasteiger charge is 2.30. The second-order valence-corrected chi connectivity index (χ2v) is 10.7. The van der Waals surface area contributed by atoms with Crippen molar-refractivity contribution < 1.29 is 35.2 Å². The lowest BCUT2D eigenvalue weighted by molar-refractivity contribution is -0.137. The summed E-state index contributed by atoms with van der Waals surface area (Å²) in [5.74, 6) is -0.833. The standard InChI is InChI=1S/C27H19F5N6O3S/c28-24(29)23-12-22(17-6-8-18(9-7-17)27(30,31)32)37-25-21(15-34-38(23)25)26(39)36-19-4-1-5-20(11-19)42(40,41)35-14-16-3-2-10-33-13-16/h1-13,15,24,35H,14H2,(H,36,39). The van der Waals surface area contributed by atoms with Crippen molar-refractivity contribution in [3.8, 4) is 11.3 Å². The van der Waals surface area contributed by atoms with Crippen LogP contribution in [-0.2, 0) is 22.7 Å². The third-order valence-corrected chi connectivity index (χ3v) is 7.47. The fraction of sp³-hybridized carbons (Fsp3) is 0.111. The monoisotopic (exact) mass is 602 g/mol. The zero-order valence-electron chi connectivity index (χ0n) is 21.2. The molecular formula is C27H19F5N6O3S. The zero-order valence-corrected chi connectivity index (χ0v) is 22.0. The molecular weight excluding hydrogens is 583 g/mol. The van der Waals surface area contributed by atoms with Crippen molar-refractivity contribution in [3.63, 3.8) is 0 Å². The summed E-state index contributed by atoms with van der Waals surface area (Å²) in [5.41, 5.74) is -1.35. The van der Waals surface area contributed by atoms with Crippen LogP contribution >= 0.6 is 0 Å². The first-order chi connectivity index (χ1) is 19.9. The van der Waals surface area contributed by atoms with Crippen molar-refractivity contribution in [1.82, 2.24) is 24.3 Å². The summed E-state index contributed by atoms with van der Waals surface area (Å²) in [7, 11) is -3.98. The molecule has 0 aliphatic rings. The normalized spacial score (nSPS) is 12.1. The molecule has 2 aromatic carbocycles. The molecule has 0 unspecified atom stereocenters. The molecule has 0 atom stereocenters. The van der Waals surface area contributed by atoms with Crippen LogP contribution in [0.15, 0.2) is 90.2 Å². The number of benzene rings is 2. The molecule has 0 aliphatic heterocycles. The average molecular weight is 603 g/mol. The molecule has 5 aromatic rings. The van der Waals surface area contributed by atoms with Crippen LogP contribution in [0.5, 0.6) is 0 Å². The van der Waals surface area contributed by atoms with E-state index in [-0.39, 0.29) is 39.6 Å². The Morgan fingerprint density at radius 1 is 0.976 bits per heavy atom. The summed E-state index contributed by atoms with van der Waals surface area (Å²) >= 11 is 0. The van der Waals surface area contributed by atoms with Gasteiger partial charge in [0.15, 0.2) is 5.65 Å². The highest BCUT2D eigenvalue weighted by Crippen LogP contribution is 2.32. The van der Waals surface area contributed by atoms with Crippen LogP contribution in [-0.4, -0.2) is 33.9 Å². The number of nitrogens with one attached hydrogen (secondary N) is 2. The third-order valence-electron chi connectivity index (χ3n) is 6.07. The van der Waals surface area contributed by atoms with Crippen LogP contribution in [0.3, 0.4) is 0 Å². The number of carbonyl (C=O) groups excluding carboxylic acids is 1. The molecule has 0 bridgehead atoms. The van der Waals surface area contributed by atoms with Crippen molar-refractivity contribution >= 4 is 27.3 Å². The van der Waals surface area contributed by atoms with E-state index in [0.29, 0.717) is 5.56 Å². The lowest BCUT2D eigenvalue weighted by atomic mass is 10.1. The fourth-order valence-electron chi connectivity index (χ4n) is 3.98. The molecule has 0 saturated heterocycles. The van der Waals surface area contributed by atoms with Gasteiger partial charge in [0.1, 0.15) is 11.3 Å². The number of hydrogen-bond acceptors (Lipinski definition) is 6.